The van der Waals surface area contributed by atoms with Gasteiger partial charge in [-0.1, -0.05) is 40.5 Å². The van der Waals surface area contributed by atoms with Gasteiger partial charge >= 0.3 is 6.18 Å². The maximum Gasteiger partial charge on any atom is 0.435 e. The summed E-state index contributed by atoms with van der Waals surface area (Å²) < 4.78 is 47.6. The van der Waals surface area contributed by atoms with Crippen molar-refractivity contribution in [2.45, 2.75) is 37.1 Å². The number of rotatable bonds is 3. The van der Waals surface area contributed by atoms with E-state index in [0.717, 1.165) is 24.0 Å². The van der Waals surface area contributed by atoms with Gasteiger partial charge in [0.1, 0.15) is 0 Å². The zero-order valence-electron chi connectivity index (χ0n) is 14.8. The lowest BCUT2D eigenvalue weighted by Gasteiger charge is -2.29. The maximum atomic E-state index is 14.1. The Hall–Kier alpha value is -1.76. The molecule has 0 spiro atoms. The lowest BCUT2D eigenvalue weighted by atomic mass is 9.86. The molecule has 2 atom stereocenters. The molecule has 0 radical (unpaired) electrons. The lowest BCUT2D eigenvalue weighted by molar-refractivity contribution is -0.275. The van der Waals surface area contributed by atoms with Gasteiger partial charge in [0, 0.05) is 29.1 Å². The first-order valence-electron chi connectivity index (χ1n) is 8.68. The number of ether oxygens (including phenoxy) is 1. The van der Waals surface area contributed by atoms with Gasteiger partial charge in [0.2, 0.25) is 0 Å². The number of nitrogens with zero attached hydrogens (tertiary/aromatic N) is 1. The van der Waals surface area contributed by atoms with Crippen LogP contribution in [0.5, 0.6) is 0 Å². The van der Waals surface area contributed by atoms with Crippen LogP contribution in [0.25, 0.3) is 0 Å². The normalized spacial score (nSPS) is 24.1. The van der Waals surface area contributed by atoms with Gasteiger partial charge < -0.3 is 9.57 Å². The third-order valence-electron chi connectivity index (χ3n) is 5.30. The fourth-order valence-corrected chi connectivity index (χ4v) is 4.37. The number of halogens is 5. The smallest absolute Gasteiger partial charge is 0.377 e. The van der Waals surface area contributed by atoms with E-state index in [1.165, 1.54) is 18.2 Å². The SMILES string of the molecule is COC1CCc2cc(C3=NOC(c4cc(Cl)cc(Cl)c4)(C(F)(F)F)C3)ccc21. The van der Waals surface area contributed by atoms with Crippen LogP contribution in [0.4, 0.5) is 13.2 Å². The van der Waals surface area contributed by atoms with E-state index in [2.05, 4.69) is 5.16 Å². The van der Waals surface area contributed by atoms with Gasteiger partial charge in [-0.2, -0.15) is 13.2 Å². The summed E-state index contributed by atoms with van der Waals surface area (Å²) >= 11 is 11.9. The highest BCUT2D eigenvalue weighted by molar-refractivity contribution is 6.34. The molecule has 0 fully saturated rings. The van der Waals surface area contributed by atoms with Crippen molar-refractivity contribution in [3.63, 3.8) is 0 Å². The van der Waals surface area contributed by atoms with E-state index in [4.69, 9.17) is 32.8 Å². The summed E-state index contributed by atoms with van der Waals surface area (Å²) in [5.74, 6) is 0. The Balaban J connectivity index is 1.70. The van der Waals surface area contributed by atoms with Crippen molar-refractivity contribution in [1.82, 2.24) is 0 Å². The third kappa shape index (κ3) is 3.17. The summed E-state index contributed by atoms with van der Waals surface area (Å²) in [6, 6.07) is 9.32. The average molecular weight is 430 g/mol. The van der Waals surface area contributed by atoms with Crippen LogP contribution in [-0.4, -0.2) is 19.0 Å². The molecule has 2 aliphatic rings. The van der Waals surface area contributed by atoms with Crippen molar-refractivity contribution in [1.29, 1.82) is 0 Å². The molecule has 0 bridgehead atoms. The molecule has 2 unspecified atom stereocenters. The zero-order valence-corrected chi connectivity index (χ0v) is 16.3. The van der Waals surface area contributed by atoms with Crippen LogP contribution in [0.2, 0.25) is 10.0 Å². The number of aryl methyl sites for hydroxylation is 1. The minimum atomic E-state index is -4.70. The molecular weight excluding hydrogens is 414 g/mol. The molecule has 2 aromatic rings. The molecule has 1 aliphatic carbocycles. The molecule has 28 heavy (non-hydrogen) atoms. The number of hydrogen-bond acceptors (Lipinski definition) is 3. The molecule has 1 heterocycles. The molecule has 4 rings (SSSR count). The molecule has 8 heteroatoms. The molecule has 0 amide bonds. The third-order valence-corrected chi connectivity index (χ3v) is 5.73. The van der Waals surface area contributed by atoms with E-state index in [-0.39, 0.29) is 27.4 Å². The number of alkyl halides is 3. The summed E-state index contributed by atoms with van der Waals surface area (Å²) in [6.45, 7) is 0. The first-order valence-corrected chi connectivity index (χ1v) is 9.43. The second-order valence-electron chi connectivity index (χ2n) is 6.97. The summed E-state index contributed by atoms with van der Waals surface area (Å²) in [5.41, 5.74) is 0.172. The Kier molecular flexibility index (Phi) is 4.84. The number of methoxy groups -OCH3 is 1. The Bertz CT molecular complexity index is 941. The molecule has 3 nitrogen and oxygen atoms in total. The minimum absolute atomic E-state index is 0.0219. The Morgan fingerprint density at radius 3 is 2.50 bits per heavy atom. The Morgan fingerprint density at radius 1 is 1.14 bits per heavy atom. The van der Waals surface area contributed by atoms with Crippen molar-refractivity contribution in [3.05, 3.63) is 68.7 Å². The Labute approximate surface area is 170 Å². The van der Waals surface area contributed by atoms with Crippen molar-refractivity contribution in [2.75, 3.05) is 7.11 Å². The monoisotopic (exact) mass is 429 g/mol. The van der Waals surface area contributed by atoms with Gasteiger partial charge in [-0.05, 0) is 53.8 Å². The van der Waals surface area contributed by atoms with Gasteiger partial charge in [-0.25, -0.2) is 0 Å². The molecule has 1 aliphatic heterocycles. The molecule has 2 aromatic carbocycles. The zero-order chi connectivity index (χ0) is 20.1. The highest BCUT2D eigenvalue weighted by atomic mass is 35.5. The van der Waals surface area contributed by atoms with Crippen LogP contribution in [0.3, 0.4) is 0 Å². The van der Waals surface area contributed by atoms with Crippen LogP contribution >= 0.6 is 23.2 Å². The fraction of sp³-hybridized carbons (Fsp3) is 0.350. The van der Waals surface area contributed by atoms with Crippen molar-refractivity contribution in [2.24, 2.45) is 5.16 Å². The molecule has 0 aromatic heterocycles. The lowest BCUT2D eigenvalue weighted by Crippen LogP contribution is -2.42. The van der Waals surface area contributed by atoms with E-state index in [0.29, 0.717) is 5.56 Å². The number of fused-ring (bicyclic) bond motifs is 1. The van der Waals surface area contributed by atoms with Crippen LogP contribution in [0, 0.1) is 0 Å². The quantitative estimate of drug-likeness (QED) is 0.580. The summed E-state index contributed by atoms with van der Waals surface area (Å²) in [7, 11) is 1.65. The van der Waals surface area contributed by atoms with Crippen LogP contribution in [0.15, 0.2) is 41.6 Å². The van der Waals surface area contributed by atoms with E-state index < -0.39 is 18.2 Å². The van der Waals surface area contributed by atoms with Gasteiger partial charge in [-0.15, -0.1) is 0 Å². The van der Waals surface area contributed by atoms with Crippen molar-refractivity contribution >= 4 is 28.9 Å². The van der Waals surface area contributed by atoms with Gasteiger partial charge in [0.05, 0.1) is 11.8 Å². The first-order chi connectivity index (χ1) is 13.2. The predicted octanol–water partition coefficient (Wildman–Crippen LogP) is 6.21. The standard InChI is InChI=1S/C20H16Cl2F3NO2/c1-27-18-5-3-11-6-12(2-4-16(11)18)17-10-19(28-26-17,20(23,24)25)13-7-14(21)9-15(22)8-13/h2,4,6-9,18H,3,5,10H2,1H3. The predicted molar refractivity (Wildman–Crippen MR) is 101 cm³/mol. The van der Waals surface area contributed by atoms with Crippen LogP contribution < -0.4 is 0 Å². The van der Waals surface area contributed by atoms with Crippen LogP contribution in [-0.2, 0) is 21.6 Å². The summed E-state index contributed by atoms with van der Waals surface area (Å²) in [6.07, 6.45) is -3.48. The van der Waals surface area contributed by atoms with E-state index in [1.807, 2.05) is 12.1 Å². The number of hydrogen-bond donors (Lipinski definition) is 0. The van der Waals surface area contributed by atoms with Gasteiger partial charge in [0.15, 0.2) is 0 Å². The van der Waals surface area contributed by atoms with Gasteiger partial charge in [-0.3, -0.25) is 0 Å². The molecule has 0 N–H and O–H groups in total. The molecule has 0 saturated heterocycles. The van der Waals surface area contributed by atoms with Crippen molar-refractivity contribution < 1.29 is 22.7 Å². The molecule has 0 saturated carbocycles. The van der Waals surface area contributed by atoms with E-state index in [9.17, 15) is 13.2 Å². The largest absolute Gasteiger partial charge is 0.435 e. The highest BCUT2D eigenvalue weighted by Gasteiger charge is 2.62. The maximum absolute atomic E-state index is 14.1. The number of benzene rings is 2. The van der Waals surface area contributed by atoms with Crippen molar-refractivity contribution in [3.8, 4) is 0 Å². The van der Waals surface area contributed by atoms with E-state index in [1.54, 1.807) is 13.2 Å². The van der Waals surface area contributed by atoms with E-state index >= 15 is 0 Å². The first kappa shape index (κ1) is 19.6. The molecular formula is C20H16Cl2F3NO2. The van der Waals surface area contributed by atoms with Gasteiger partial charge in [0.25, 0.3) is 5.60 Å². The molecule has 148 valence electrons. The number of oxime groups is 1. The van der Waals surface area contributed by atoms with Crippen LogP contribution in [0.1, 0.15) is 41.2 Å². The highest BCUT2D eigenvalue weighted by Crippen LogP contribution is 2.50. The fourth-order valence-electron chi connectivity index (χ4n) is 3.85. The topological polar surface area (TPSA) is 30.8 Å². The second kappa shape index (κ2) is 6.94. The summed E-state index contributed by atoms with van der Waals surface area (Å²) in [4.78, 5) is 5.05. The minimum Gasteiger partial charge on any atom is -0.377 e. The average Bonchev–Trinajstić information content (AvgIpc) is 3.25. The second-order valence-corrected chi connectivity index (χ2v) is 7.84. The summed E-state index contributed by atoms with van der Waals surface area (Å²) in [5, 5.41) is 4.01. The Morgan fingerprint density at radius 2 is 1.86 bits per heavy atom.